The molecule has 12 nitrogen and oxygen atoms in total. The van der Waals surface area contributed by atoms with E-state index in [1.165, 1.54) is 5.01 Å². The van der Waals surface area contributed by atoms with Crippen molar-refractivity contribution in [2.75, 3.05) is 6.54 Å². The number of esters is 2. The Kier molecular flexibility index (Phi) is 10.8. The van der Waals surface area contributed by atoms with E-state index < -0.39 is 47.4 Å². The predicted molar refractivity (Wildman–Crippen MR) is 179 cm³/mol. The van der Waals surface area contributed by atoms with E-state index in [0.717, 1.165) is 16.5 Å². The average molecular weight is 662 g/mol. The number of amides is 3. The van der Waals surface area contributed by atoms with Gasteiger partial charge >= 0.3 is 11.9 Å². The molecule has 48 heavy (non-hydrogen) atoms. The highest BCUT2D eigenvalue weighted by Crippen LogP contribution is 2.41. The number of nitrogens with zero attached hydrogens (tertiary/aromatic N) is 2. The first kappa shape index (κ1) is 35.0. The third kappa shape index (κ3) is 7.86. The Hall–Kier alpha value is -4.32. The normalized spacial score (nSPS) is 29.7. The summed E-state index contributed by atoms with van der Waals surface area (Å²) in [6, 6.07) is 7.68. The summed E-state index contributed by atoms with van der Waals surface area (Å²) in [7, 11) is 0. The van der Waals surface area contributed by atoms with Gasteiger partial charge in [-0.1, -0.05) is 51.1 Å². The summed E-state index contributed by atoms with van der Waals surface area (Å²) < 4.78 is 11.6. The van der Waals surface area contributed by atoms with E-state index in [9.17, 15) is 24.0 Å². The first-order valence-corrected chi connectivity index (χ1v) is 17.1. The lowest BCUT2D eigenvalue weighted by atomic mass is 9.72. The predicted octanol–water partition coefficient (Wildman–Crippen LogP) is 3.89. The van der Waals surface area contributed by atoms with Gasteiger partial charge in [-0.05, 0) is 76.0 Å². The number of hydrazine groups is 1. The number of fused-ring (bicyclic) bond motifs is 4. The minimum Gasteiger partial charge on any atom is -0.462 e. The van der Waals surface area contributed by atoms with Gasteiger partial charge in [-0.3, -0.25) is 34.0 Å². The number of nitrogens with one attached hydrogen (secondary N) is 3. The van der Waals surface area contributed by atoms with Crippen LogP contribution in [0.25, 0.3) is 17.0 Å². The number of rotatable bonds is 3. The number of ether oxygens (including phenoxy) is 2. The molecule has 3 heterocycles. The fourth-order valence-corrected chi connectivity index (χ4v) is 6.52. The molecule has 1 unspecified atom stereocenters. The van der Waals surface area contributed by atoms with E-state index in [1.54, 1.807) is 27.7 Å². The molecule has 1 aliphatic carbocycles. The van der Waals surface area contributed by atoms with Crippen LogP contribution in [0.4, 0.5) is 0 Å². The van der Waals surface area contributed by atoms with Gasteiger partial charge in [0, 0.05) is 18.4 Å². The highest BCUT2D eigenvalue weighted by atomic mass is 16.6. The SMILES string of the molecule is CCC(=O)O[C@H]1CC[C@]2(/C=C/c3ccc4ccc(nc4c3)[C@@H](C)NC(=O)[C@@H]3CCCN(N3)C(=O)[C@H](C)NC(=O)C(C(C)C)OC2=O)CC1. The van der Waals surface area contributed by atoms with Gasteiger partial charge in [0.2, 0.25) is 5.91 Å². The van der Waals surface area contributed by atoms with Gasteiger partial charge in [-0.2, -0.15) is 0 Å². The standard InChI is InChI=1S/C36H47N5O7/c1-6-30(42)47-26-14-17-36(18-15-26)16-13-24-9-10-25-11-12-27(39-29(25)20-24)22(4)37-32(43)28-8-7-19-41(40-28)34(45)23(5)38-33(44)31(21(2)3)48-35(36)46/h9-13,16,20-23,26,28,31,40H,6-8,14-15,17-19H2,1-5H3,(H,37,43)(H,38,44)/b16-13+/t22-,23+,26-,28+,31?,36+/m1/s1. The Morgan fingerprint density at radius 1 is 1.02 bits per heavy atom. The van der Waals surface area contributed by atoms with Crippen LogP contribution >= 0.6 is 0 Å². The van der Waals surface area contributed by atoms with Gasteiger partial charge < -0.3 is 20.1 Å². The Bertz CT molecular complexity index is 1580. The second-order valence-electron chi connectivity index (χ2n) is 13.6. The van der Waals surface area contributed by atoms with E-state index in [4.69, 9.17) is 14.5 Å². The van der Waals surface area contributed by atoms with Gasteiger partial charge in [-0.25, -0.2) is 5.43 Å². The summed E-state index contributed by atoms with van der Waals surface area (Å²) in [5.74, 6) is -2.45. The molecule has 2 aromatic rings. The molecule has 258 valence electrons. The van der Waals surface area contributed by atoms with Crippen molar-refractivity contribution < 1.29 is 33.4 Å². The number of aromatic nitrogens is 1. The first-order valence-electron chi connectivity index (χ1n) is 17.1. The zero-order valence-electron chi connectivity index (χ0n) is 28.4. The monoisotopic (exact) mass is 661 g/mol. The van der Waals surface area contributed by atoms with Gasteiger partial charge in [0.05, 0.1) is 22.7 Å². The summed E-state index contributed by atoms with van der Waals surface area (Å²) in [6.45, 7) is 9.11. The zero-order valence-corrected chi connectivity index (χ0v) is 28.4. The van der Waals surface area contributed by atoms with Gasteiger partial charge in [0.15, 0.2) is 6.10 Å². The van der Waals surface area contributed by atoms with Crippen molar-refractivity contribution in [3.05, 3.63) is 47.7 Å². The van der Waals surface area contributed by atoms with E-state index in [0.29, 0.717) is 50.8 Å². The number of cyclic esters (lactones) is 1. The molecule has 2 aliphatic heterocycles. The highest BCUT2D eigenvalue weighted by molar-refractivity contribution is 5.92. The van der Waals surface area contributed by atoms with Crippen molar-refractivity contribution in [1.82, 2.24) is 26.1 Å². The summed E-state index contributed by atoms with van der Waals surface area (Å²) in [5.41, 5.74) is 4.19. The molecule has 3 aliphatic rings. The quantitative estimate of drug-likeness (QED) is 0.416. The largest absolute Gasteiger partial charge is 0.462 e. The molecule has 5 rings (SSSR count). The number of pyridine rings is 1. The second-order valence-corrected chi connectivity index (χ2v) is 13.6. The lowest BCUT2D eigenvalue weighted by molar-refractivity contribution is -0.170. The van der Waals surface area contributed by atoms with Crippen LogP contribution in [0.5, 0.6) is 0 Å². The molecular formula is C36H47N5O7. The van der Waals surface area contributed by atoms with Crippen molar-refractivity contribution in [3.8, 4) is 0 Å². The molecular weight excluding hydrogens is 614 g/mol. The third-order valence-corrected chi connectivity index (χ3v) is 9.55. The topological polar surface area (TPSA) is 156 Å². The van der Waals surface area contributed by atoms with E-state index in [-0.39, 0.29) is 30.3 Å². The van der Waals surface area contributed by atoms with E-state index >= 15 is 0 Å². The minimum atomic E-state index is -1.15. The van der Waals surface area contributed by atoms with Crippen LogP contribution in [0, 0.1) is 11.3 Å². The summed E-state index contributed by atoms with van der Waals surface area (Å²) in [6.07, 6.45) is 5.31. The maximum absolute atomic E-state index is 14.1. The van der Waals surface area contributed by atoms with Crippen LogP contribution < -0.4 is 16.1 Å². The number of hydrogen-bond acceptors (Lipinski definition) is 9. The van der Waals surface area contributed by atoms with Crippen molar-refractivity contribution in [2.45, 2.75) is 110 Å². The van der Waals surface area contributed by atoms with Crippen molar-refractivity contribution >= 4 is 46.6 Å². The van der Waals surface area contributed by atoms with Crippen LogP contribution in [0.1, 0.15) is 96.9 Å². The number of benzene rings is 1. The molecule has 1 saturated heterocycles. The molecule has 3 N–H and O–H groups in total. The molecule has 4 atom stereocenters. The van der Waals surface area contributed by atoms with Crippen LogP contribution in [0.3, 0.4) is 0 Å². The van der Waals surface area contributed by atoms with Crippen LogP contribution in [0.2, 0.25) is 0 Å². The lowest BCUT2D eigenvalue weighted by Gasteiger charge is -2.37. The molecule has 12 heteroatoms. The van der Waals surface area contributed by atoms with E-state index in [2.05, 4.69) is 16.1 Å². The zero-order chi connectivity index (χ0) is 34.6. The fourth-order valence-electron chi connectivity index (χ4n) is 6.52. The minimum absolute atomic E-state index is 0.252. The summed E-state index contributed by atoms with van der Waals surface area (Å²) >= 11 is 0. The number of hydrogen-bond donors (Lipinski definition) is 3. The molecule has 2 fully saturated rings. The lowest BCUT2D eigenvalue weighted by Crippen LogP contribution is -2.61. The van der Waals surface area contributed by atoms with Gasteiger partial charge in [-0.15, -0.1) is 0 Å². The third-order valence-electron chi connectivity index (χ3n) is 9.55. The Morgan fingerprint density at radius 3 is 2.44 bits per heavy atom. The van der Waals surface area contributed by atoms with Gasteiger partial charge in [0.25, 0.3) is 11.8 Å². The fraction of sp³-hybridized carbons (Fsp3) is 0.556. The first-order chi connectivity index (χ1) is 22.9. The average Bonchev–Trinajstić information content (AvgIpc) is 3.08. The number of carbonyl (C=O) groups is 5. The smallest absolute Gasteiger partial charge is 0.316 e. The summed E-state index contributed by atoms with van der Waals surface area (Å²) in [5, 5.41) is 8.06. The maximum Gasteiger partial charge on any atom is 0.316 e. The second kappa shape index (κ2) is 14.8. The Labute approximate surface area is 281 Å². The molecule has 1 saturated carbocycles. The Morgan fingerprint density at radius 2 is 1.73 bits per heavy atom. The molecule has 1 aromatic carbocycles. The van der Waals surface area contributed by atoms with Crippen molar-refractivity contribution in [2.24, 2.45) is 11.3 Å². The molecule has 1 aromatic heterocycles. The van der Waals surface area contributed by atoms with Crippen LogP contribution in [-0.4, -0.2) is 70.5 Å². The van der Waals surface area contributed by atoms with Crippen molar-refractivity contribution in [1.29, 1.82) is 0 Å². The highest BCUT2D eigenvalue weighted by Gasteiger charge is 2.44. The molecule has 3 amide bonds. The Balaban J connectivity index is 1.51. The van der Waals surface area contributed by atoms with Gasteiger partial charge in [0.1, 0.15) is 18.2 Å². The molecule has 1 spiro atoms. The molecule has 0 radical (unpaired) electrons. The number of carbonyl (C=O) groups excluding carboxylic acids is 5. The maximum atomic E-state index is 14.1. The van der Waals surface area contributed by atoms with Crippen LogP contribution in [0.15, 0.2) is 36.4 Å². The van der Waals surface area contributed by atoms with E-state index in [1.807, 2.05) is 49.4 Å². The van der Waals surface area contributed by atoms with Crippen molar-refractivity contribution in [3.63, 3.8) is 0 Å². The van der Waals surface area contributed by atoms with Crippen LogP contribution in [-0.2, 0) is 33.4 Å². The molecule has 5 bridgehead atoms. The summed E-state index contributed by atoms with van der Waals surface area (Å²) in [4.78, 5) is 71.2.